The van der Waals surface area contributed by atoms with Crippen LogP contribution in [0.3, 0.4) is 0 Å². The highest BCUT2D eigenvalue weighted by molar-refractivity contribution is 7.00. The predicted molar refractivity (Wildman–Crippen MR) is 318 cm³/mol. The van der Waals surface area contributed by atoms with Crippen LogP contribution in [0.15, 0.2) is 127 Å². The summed E-state index contributed by atoms with van der Waals surface area (Å²) < 4.78 is 0. The van der Waals surface area contributed by atoms with Gasteiger partial charge in [-0.2, -0.15) is 0 Å². The quantitative estimate of drug-likeness (QED) is 0.163. The van der Waals surface area contributed by atoms with Gasteiger partial charge in [0.1, 0.15) is 0 Å². The van der Waals surface area contributed by atoms with E-state index in [0.29, 0.717) is 0 Å². The summed E-state index contributed by atoms with van der Waals surface area (Å²) in [6, 6.07) is 51.1. The van der Waals surface area contributed by atoms with Crippen molar-refractivity contribution in [1.29, 1.82) is 0 Å². The molecule has 0 aromatic heterocycles. The number of aryl methyl sites for hydroxylation is 3. The minimum atomic E-state index is -0.0778. The highest BCUT2D eigenvalue weighted by atomic mass is 15.3. The van der Waals surface area contributed by atoms with E-state index in [1.165, 1.54) is 137 Å². The second-order valence-corrected chi connectivity index (χ2v) is 27.3. The summed E-state index contributed by atoms with van der Waals surface area (Å²) in [4.78, 5) is 8.07. The molecule has 374 valence electrons. The summed E-state index contributed by atoms with van der Waals surface area (Å²) in [6.45, 7) is 40.1. The zero-order valence-corrected chi connectivity index (χ0v) is 47.4. The van der Waals surface area contributed by atoms with Crippen LogP contribution in [0.5, 0.6) is 0 Å². The Labute approximate surface area is 440 Å². The van der Waals surface area contributed by atoms with Crippen molar-refractivity contribution < 1.29 is 0 Å². The summed E-state index contributed by atoms with van der Waals surface area (Å²) >= 11 is 0. The van der Waals surface area contributed by atoms with Crippen LogP contribution in [0.1, 0.15) is 167 Å². The van der Waals surface area contributed by atoms with Gasteiger partial charge in [0, 0.05) is 45.2 Å². The normalized spacial score (nSPS) is 19.4. The maximum atomic E-state index is 2.78. The Bertz CT molecular complexity index is 3330. The van der Waals surface area contributed by atoms with E-state index < -0.39 is 0 Å². The smallest absolute Gasteiger partial charge is 0.252 e. The molecule has 1 aliphatic carbocycles. The fraction of sp³-hybridized carbons (Fsp3) is 0.391. The molecule has 2 unspecified atom stereocenters. The van der Waals surface area contributed by atoms with Gasteiger partial charge >= 0.3 is 0 Å². The van der Waals surface area contributed by atoms with Crippen molar-refractivity contribution in [2.75, 3.05) is 14.7 Å². The van der Waals surface area contributed by atoms with Gasteiger partial charge in [-0.15, -0.1) is 0 Å². The van der Waals surface area contributed by atoms with E-state index in [-0.39, 0.29) is 39.3 Å². The largest absolute Gasteiger partial charge is 0.334 e. The van der Waals surface area contributed by atoms with Crippen molar-refractivity contribution in [2.45, 2.75) is 176 Å². The Morgan fingerprint density at radius 2 is 0.918 bits per heavy atom. The van der Waals surface area contributed by atoms with Crippen LogP contribution in [-0.4, -0.2) is 12.3 Å². The third-order valence-electron chi connectivity index (χ3n) is 18.1. The number of fused-ring (bicyclic) bond motifs is 7. The number of anilines is 8. The van der Waals surface area contributed by atoms with Crippen LogP contribution in [0.4, 0.5) is 45.5 Å². The molecule has 73 heavy (non-hydrogen) atoms. The summed E-state index contributed by atoms with van der Waals surface area (Å²) in [7, 11) is 0. The summed E-state index contributed by atoms with van der Waals surface area (Å²) in [6.07, 6.45) is 4.86. The lowest BCUT2D eigenvalue weighted by atomic mass is 9.33. The molecule has 7 aromatic rings. The Balaban J connectivity index is 1.19. The molecule has 11 rings (SSSR count). The van der Waals surface area contributed by atoms with Gasteiger partial charge < -0.3 is 14.7 Å². The molecule has 4 aliphatic rings. The Morgan fingerprint density at radius 1 is 0.425 bits per heavy atom. The van der Waals surface area contributed by atoms with Gasteiger partial charge in [-0.25, -0.2) is 0 Å². The lowest BCUT2D eigenvalue weighted by Crippen LogP contribution is -2.61. The van der Waals surface area contributed by atoms with E-state index in [0.717, 1.165) is 6.42 Å². The van der Waals surface area contributed by atoms with Gasteiger partial charge in [-0.1, -0.05) is 182 Å². The molecule has 0 N–H and O–H groups in total. The first kappa shape index (κ1) is 49.2. The first-order chi connectivity index (χ1) is 34.2. The predicted octanol–water partition coefficient (Wildman–Crippen LogP) is 17.3. The average molecular weight is 962 g/mol. The Hall–Kier alpha value is -6.00. The molecule has 2 atom stereocenters. The molecule has 0 saturated heterocycles. The monoisotopic (exact) mass is 962 g/mol. The van der Waals surface area contributed by atoms with Gasteiger partial charge in [0.25, 0.3) is 6.71 Å². The molecule has 1 saturated carbocycles. The molecule has 3 aliphatic heterocycles. The highest BCUT2D eigenvalue weighted by Gasteiger charge is 2.58. The zero-order valence-electron chi connectivity index (χ0n) is 47.4. The Morgan fingerprint density at radius 3 is 1.51 bits per heavy atom. The molecule has 0 spiro atoms. The highest BCUT2D eigenvalue weighted by Crippen LogP contribution is 2.62. The average Bonchev–Trinajstić information content (AvgIpc) is 3.52. The first-order valence-electron chi connectivity index (χ1n) is 27.5. The van der Waals surface area contributed by atoms with Crippen molar-refractivity contribution in [1.82, 2.24) is 0 Å². The molecule has 3 nitrogen and oxygen atoms in total. The van der Waals surface area contributed by atoms with Crippen LogP contribution in [0.25, 0.3) is 11.1 Å². The molecule has 0 bridgehead atoms. The topological polar surface area (TPSA) is 9.72 Å². The second kappa shape index (κ2) is 16.5. The molecule has 1 fully saturated rings. The SMILES string of the molecule is Cc1cc2c3c(c1)N(c1c(C)cc(C(C)(C)C)cc1C)c1cc(-c4ccc(C(C)(C)C)cc4)ccc1B3c1ccc(N3c4ccc(C(C)(C)C)cc4C4(C)CCCCC34C)cc1N2c1ccc(C(C)(C)C)cc1. The maximum Gasteiger partial charge on any atom is 0.252 e. The fourth-order valence-corrected chi connectivity index (χ4v) is 13.6. The summed E-state index contributed by atoms with van der Waals surface area (Å²) in [5, 5.41) is 0. The fourth-order valence-electron chi connectivity index (χ4n) is 13.6. The van der Waals surface area contributed by atoms with Crippen molar-refractivity contribution in [3.8, 4) is 11.1 Å². The van der Waals surface area contributed by atoms with E-state index in [2.05, 4.69) is 260 Å². The maximum absolute atomic E-state index is 2.78. The first-order valence-corrected chi connectivity index (χ1v) is 27.5. The van der Waals surface area contributed by atoms with Gasteiger partial charge in [0.15, 0.2) is 0 Å². The number of benzene rings is 7. The third kappa shape index (κ3) is 7.73. The molecule has 3 heterocycles. The van der Waals surface area contributed by atoms with Crippen molar-refractivity contribution in [3.63, 3.8) is 0 Å². The molecular formula is C69H80BN3. The van der Waals surface area contributed by atoms with Crippen LogP contribution in [0, 0.1) is 20.8 Å². The second-order valence-electron chi connectivity index (χ2n) is 27.3. The van der Waals surface area contributed by atoms with E-state index in [1.54, 1.807) is 0 Å². The minimum absolute atomic E-state index is 0.00789. The molecule has 0 amide bonds. The van der Waals surface area contributed by atoms with Gasteiger partial charge in [0.05, 0.1) is 11.2 Å². The molecule has 4 heteroatoms. The lowest BCUT2D eigenvalue weighted by molar-refractivity contribution is 0.195. The number of nitrogens with zero attached hydrogens (tertiary/aromatic N) is 3. The van der Waals surface area contributed by atoms with E-state index in [1.807, 2.05) is 0 Å². The van der Waals surface area contributed by atoms with E-state index in [4.69, 9.17) is 0 Å². The molecule has 7 aromatic carbocycles. The number of hydrogen-bond acceptors (Lipinski definition) is 3. The minimum Gasteiger partial charge on any atom is -0.334 e. The number of rotatable bonds is 4. The van der Waals surface area contributed by atoms with Crippen LogP contribution < -0.4 is 31.1 Å². The third-order valence-corrected chi connectivity index (χ3v) is 18.1. The molecular weight excluding hydrogens is 882 g/mol. The van der Waals surface area contributed by atoms with Gasteiger partial charge in [-0.3, -0.25) is 0 Å². The van der Waals surface area contributed by atoms with E-state index >= 15 is 0 Å². The summed E-state index contributed by atoms with van der Waals surface area (Å²) in [5.74, 6) is 0. The van der Waals surface area contributed by atoms with Gasteiger partial charge in [-0.05, 0) is 183 Å². The van der Waals surface area contributed by atoms with Gasteiger partial charge in [0.2, 0.25) is 0 Å². The zero-order chi connectivity index (χ0) is 52.1. The van der Waals surface area contributed by atoms with Crippen LogP contribution in [0.2, 0.25) is 0 Å². The number of hydrogen-bond donors (Lipinski definition) is 0. The summed E-state index contributed by atoms with van der Waals surface area (Å²) in [5.41, 5.74) is 27.7. The van der Waals surface area contributed by atoms with Crippen molar-refractivity contribution in [2.24, 2.45) is 0 Å². The van der Waals surface area contributed by atoms with Crippen molar-refractivity contribution >= 4 is 68.6 Å². The van der Waals surface area contributed by atoms with Crippen LogP contribution >= 0.6 is 0 Å². The molecule has 0 radical (unpaired) electrons. The van der Waals surface area contributed by atoms with Crippen molar-refractivity contribution in [3.05, 3.63) is 172 Å². The van der Waals surface area contributed by atoms with E-state index in [9.17, 15) is 0 Å². The Kier molecular flexibility index (Phi) is 11.1. The standard InChI is InChI=1S/C69H80BN3/c1-43-36-60-62-61(37-43)72(63-44(2)38-51(39-45(63)3)67(13,14)15)58-40-47(46-20-23-48(24-21-46)64(4,5)6)22-31-55(58)70(62)56-32-30-53(42-59(56)71(60)52-28-25-49(26-29-52)65(7,8)9)73-57-33-27-50(66(10,11)12)41-54(57)68(16)34-18-19-35-69(68,73)17/h20-33,36-42H,18-19,34-35H2,1-17H3. The lowest BCUT2D eigenvalue weighted by Gasteiger charge is -2.50. The van der Waals surface area contributed by atoms with Crippen LogP contribution in [-0.2, 0) is 27.1 Å².